The van der Waals surface area contributed by atoms with Crippen LogP contribution < -0.4 is 10.1 Å². The number of benzene rings is 1. The highest BCUT2D eigenvalue weighted by Gasteiger charge is 2.27. The maximum atomic E-state index is 12.1. The van der Waals surface area contributed by atoms with Gasteiger partial charge in [0.2, 0.25) is 5.91 Å². The number of fused-ring (bicyclic) bond motifs is 1. The number of hydrogen-bond acceptors (Lipinski definition) is 6. The quantitative estimate of drug-likeness (QED) is 0.694. The van der Waals surface area contributed by atoms with Gasteiger partial charge in [0.25, 0.3) is 0 Å². The smallest absolute Gasteiger partial charge is 0.246 e. The van der Waals surface area contributed by atoms with Crippen molar-refractivity contribution in [3.63, 3.8) is 0 Å². The van der Waals surface area contributed by atoms with Crippen molar-refractivity contribution in [3.8, 4) is 5.75 Å². The normalized spacial score (nSPS) is 15.5. The number of carbonyl (C=O) groups is 1. The van der Waals surface area contributed by atoms with Crippen molar-refractivity contribution in [2.75, 3.05) is 33.9 Å². The molecule has 0 bridgehead atoms. The van der Waals surface area contributed by atoms with Gasteiger partial charge in [0.15, 0.2) is 5.82 Å². The molecule has 1 amide bonds. The van der Waals surface area contributed by atoms with E-state index in [4.69, 9.17) is 9.47 Å². The van der Waals surface area contributed by atoms with Crippen molar-refractivity contribution in [2.45, 2.75) is 53.2 Å². The van der Waals surface area contributed by atoms with E-state index in [9.17, 15) is 4.79 Å². The molecule has 8 nitrogen and oxygen atoms in total. The first-order valence-electron chi connectivity index (χ1n) is 10.9. The molecule has 2 heterocycles. The molecule has 0 fully saturated rings. The van der Waals surface area contributed by atoms with Gasteiger partial charge in [-0.05, 0) is 42.5 Å². The van der Waals surface area contributed by atoms with Crippen LogP contribution in [0.3, 0.4) is 0 Å². The van der Waals surface area contributed by atoms with Crippen molar-refractivity contribution in [3.05, 3.63) is 40.5 Å². The zero-order chi connectivity index (χ0) is 22.5. The Morgan fingerprint density at radius 2 is 1.90 bits per heavy atom. The van der Waals surface area contributed by atoms with E-state index in [1.165, 1.54) is 23.8 Å². The molecule has 0 aliphatic carbocycles. The van der Waals surface area contributed by atoms with Gasteiger partial charge >= 0.3 is 0 Å². The number of amides is 1. The van der Waals surface area contributed by atoms with Crippen molar-refractivity contribution < 1.29 is 14.3 Å². The van der Waals surface area contributed by atoms with Gasteiger partial charge in [0, 0.05) is 39.7 Å². The Morgan fingerprint density at radius 1 is 1.13 bits per heavy atom. The van der Waals surface area contributed by atoms with E-state index < -0.39 is 0 Å². The first-order chi connectivity index (χ1) is 14.8. The number of rotatable bonds is 8. The number of methoxy groups -OCH3 is 2. The number of aromatic nitrogens is 3. The van der Waals surface area contributed by atoms with Crippen LogP contribution in [0.4, 0.5) is 0 Å². The van der Waals surface area contributed by atoms with Gasteiger partial charge in [0.1, 0.15) is 18.2 Å². The van der Waals surface area contributed by atoms with Crippen molar-refractivity contribution >= 4 is 5.91 Å². The minimum atomic E-state index is -0.193. The highest BCUT2D eigenvalue weighted by atomic mass is 16.5. The molecule has 0 saturated carbocycles. The molecule has 1 aliphatic heterocycles. The van der Waals surface area contributed by atoms with Gasteiger partial charge < -0.3 is 19.4 Å². The zero-order valence-electron chi connectivity index (χ0n) is 19.6. The standard InChI is InChI=1S/C23H35N5O3/c1-15(2)22(24-21(29)14-30-5)23-26-25-20-9-10-27(11-12-28(20)23)13-18-7-8-19(31-6)17(4)16(18)3/h7-8,15,22H,9-14H2,1-6H3,(H,24,29)/t22-/m0/s1. The Balaban J connectivity index is 1.74. The monoisotopic (exact) mass is 429 g/mol. The van der Waals surface area contributed by atoms with Gasteiger partial charge in [-0.1, -0.05) is 19.9 Å². The number of nitrogens with zero attached hydrogens (tertiary/aromatic N) is 4. The molecular weight excluding hydrogens is 394 g/mol. The van der Waals surface area contributed by atoms with Crippen LogP contribution in [0.1, 0.15) is 48.2 Å². The van der Waals surface area contributed by atoms with E-state index >= 15 is 0 Å². The number of carbonyl (C=O) groups excluding carboxylic acids is 1. The van der Waals surface area contributed by atoms with Crippen LogP contribution in [0, 0.1) is 19.8 Å². The SMILES string of the molecule is COCC(=O)N[C@H](c1nnc2n1CCN(Cc1ccc(OC)c(C)c1C)CC2)C(C)C. The Morgan fingerprint density at radius 3 is 2.58 bits per heavy atom. The Labute approximate surface area is 184 Å². The van der Waals surface area contributed by atoms with Crippen LogP contribution in [0.15, 0.2) is 12.1 Å². The summed E-state index contributed by atoms with van der Waals surface area (Å²) in [6, 6.07) is 4.03. The van der Waals surface area contributed by atoms with Crippen molar-refractivity contribution in [1.29, 1.82) is 0 Å². The fraction of sp³-hybridized carbons (Fsp3) is 0.609. The van der Waals surface area contributed by atoms with Crippen LogP contribution in [0.25, 0.3) is 0 Å². The maximum absolute atomic E-state index is 12.1. The van der Waals surface area contributed by atoms with E-state index in [1.54, 1.807) is 7.11 Å². The molecule has 0 unspecified atom stereocenters. The van der Waals surface area contributed by atoms with Gasteiger partial charge in [-0.25, -0.2) is 0 Å². The first-order valence-corrected chi connectivity index (χ1v) is 10.9. The third kappa shape index (κ3) is 5.25. The fourth-order valence-electron chi connectivity index (χ4n) is 4.14. The van der Waals surface area contributed by atoms with Crippen molar-refractivity contribution in [2.24, 2.45) is 5.92 Å². The second kappa shape index (κ2) is 10.2. The third-order valence-corrected chi connectivity index (χ3v) is 6.15. The molecule has 1 aliphatic rings. The summed E-state index contributed by atoms with van der Waals surface area (Å²) in [5, 5.41) is 12.0. The van der Waals surface area contributed by atoms with Gasteiger partial charge in [0.05, 0.1) is 13.2 Å². The van der Waals surface area contributed by atoms with Crippen LogP contribution in [-0.4, -0.2) is 59.5 Å². The molecule has 0 spiro atoms. The molecule has 1 aromatic carbocycles. The molecule has 31 heavy (non-hydrogen) atoms. The summed E-state index contributed by atoms with van der Waals surface area (Å²) in [5.41, 5.74) is 3.80. The van der Waals surface area contributed by atoms with Crippen LogP contribution in [-0.2, 0) is 29.0 Å². The average molecular weight is 430 g/mol. The summed E-state index contributed by atoms with van der Waals surface area (Å²) in [6.45, 7) is 12.0. The Bertz CT molecular complexity index is 909. The minimum Gasteiger partial charge on any atom is -0.496 e. The Kier molecular flexibility index (Phi) is 7.67. The largest absolute Gasteiger partial charge is 0.496 e. The maximum Gasteiger partial charge on any atom is 0.246 e. The highest BCUT2D eigenvalue weighted by molar-refractivity contribution is 5.77. The lowest BCUT2D eigenvalue weighted by Crippen LogP contribution is -2.36. The molecule has 0 saturated heterocycles. The second-order valence-corrected chi connectivity index (χ2v) is 8.55. The molecular formula is C23H35N5O3. The summed E-state index contributed by atoms with van der Waals surface area (Å²) >= 11 is 0. The molecule has 170 valence electrons. The number of hydrogen-bond donors (Lipinski definition) is 1. The number of nitrogens with one attached hydrogen (secondary N) is 1. The summed E-state index contributed by atoms with van der Waals surface area (Å²) in [4.78, 5) is 14.6. The van der Waals surface area contributed by atoms with Crippen molar-refractivity contribution in [1.82, 2.24) is 25.0 Å². The molecule has 1 atom stereocenters. The lowest BCUT2D eigenvalue weighted by Gasteiger charge is -2.24. The second-order valence-electron chi connectivity index (χ2n) is 8.55. The Hall–Kier alpha value is -2.45. The minimum absolute atomic E-state index is 0.0403. The summed E-state index contributed by atoms with van der Waals surface area (Å²) in [7, 11) is 3.24. The van der Waals surface area contributed by atoms with Crippen LogP contribution >= 0.6 is 0 Å². The predicted molar refractivity (Wildman–Crippen MR) is 119 cm³/mol. The van der Waals surface area contributed by atoms with Gasteiger partial charge in [-0.15, -0.1) is 10.2 Å². The number of ether oxygens (including phenoxy) is 2. The summed E-state index contributed by atoms with van der Waals surface area (Å²) < 4.78 is 12.6. The van der Waals surface area contributed by atoms with E-state index in [1.807, 2.05) is 0 Å². The molecule has 1 aromatic heterocycles. The topological polar surface area (TPSA) is 81.5 Å². The van der Waals surface area contributed by atoms with Gasteiger partial charge in [-0.2, -0.15) is 0 Å². The van der Waals surface area contributed by atoms with E-state index in [-0.39, 0.29) is 24.5 Å². The van der Waals surface area contributed by atoms with Crippen LogP contribution in [0.2, 0.25) is 0 Å². The first kappa shape index (κ1) is 23.2. The summed E-state index contributed by atoms with van der Waals surface area (Å²) in [5.74, 6) is 2.79. The van der Waals surface area contributed by atoms with E-state index in [2.05, 4.69) is 64.8 Å². The predicted octanol–water partition coefficient (Wildman–Crippen LogP) is 2.42. The van der Waals surface area contributed by atoms with Crippen LogP contribution in [0.5, 0.6) is 5.75 Å². The highest BCUT2D eigenvalue weighted by Crippen LogP contribution is 2.26. The molecule has 1 N–H and O–H groups in total. The summed E-state index contributed by atoms with van der Waals surface area (Å²) in [6.07, 6.45) is 0.831. The molecule has 8 heteroatoms. The van der Waals surface area contributed by atoms with E-state index in [0.717, 1.165) is 50.0 Å². The molecule has 3 rings (SSSR count). The molecule has 2 aromatic rings. The fourth-order valence-corrected chi connectivity index (χ4v) is 4.14. The lowest BCUT2D eigenvalue weighted by atomic mass is 10.0. The zero-order valence-corrected chi connectivity index (χ0v) is 19.6. The van der Waals surface area contributed by atoms with Gasteiger partial charge in [-0.3, -0.25) is 9.69 Å². The molecule has 0 radical (unpaired) electrons. The third-order valence-electron chi connectivity index (χ3n) is 6.15. The van der Waals surface area contributed by atoms with E-state index in [0.29, 0.717) is 0 Å². The lowest BCUT2D eigenvalue weighted by molar-refractivity contribution is -0.125. The average Bonchev–Trinajstić information content (AvgIpc) is 3.03.